The number of rotatable bonds is 1. The largest absolute Gasteiger partial charge is 0.327 e. The molecule has 1 fully saturated rings. The summed E-state index contributed by atoms with van der Waals surface area (Å²) < 4.78 is 1.14. The standard InChI is InChI=1S/C11H14BrN/c12-9-6-4-8(5-7-9)10-2-1-3-11(10)13/h4-7,10-11H,1-3,13H2/t10-,11-/m0/s1. The van der Waals surface area contributed by atoms with Crippen LogP contribution in [-0.4, -0.2) is 6.04 Å². The second-order valence-corrected chi connectivity index (χ2v) is 4.67. The minimum atomic E-state index is 0.376. The number of benzene rings is 1. The van der Waals surface area contributed by atoms with Gasteiger partial charge in [0.1, 0.15) is 0 Å². The van der Waals surface area contributed by atoms with Gasteiger partial charge in [-0.05, 0) is 36.5 Å². The maximum atomic E-state index is 6.04. The molecule has 1 aliphatic carbocycles. The summed E-state index contributed by atoms with van der Waals surface area (Å²) in [6.07, 6.45) is 3.71. The summed E-state index contributed by atoms with van der Waals surface area (Å²) in [4.78, 5) is 0. The van der Waals surface area contributed by atoms with E-state index in [0.29, 0.717) is 12.0 Å². The van der Waals surface area contributed by atoms with Gasteiger partial charge in [-0.3, -0.25) is 0 Å². The smallest absolute Gasteiger partial charge is 0.0175 e. The molecule has 0 aliphatic heterocycles. The zero-order chi connectivity index (χ0) is 9.26. The Morgan fingerprint density at radius 1 is 1.15 bits per heavy atom. The van der Waals surface area contributed by atoms with Crippen molar-refractivity contribution in [2.45, 2.75) is 31.2 Å². The third-order valence-electron chi connectivity index (χ3n) is 2.87. The normalized spacial score (nSPS) is 27.8. The average molecular weight is 240 g/mol. The predicted molar refractivity (Wildman–Crippen MR) is 58.7 cm³/mol. The Balaban J connectivity index is 2.20. The summed E-state index contributed by atoms with van der Waals surface area (Å²) in [5, 5.41) is 0. The van der Waals surface area contributed by atoms with Crippen molar-refractivity contribution in [3.05, 3.63) is 34.3 Å². The molecule has 0 saturated heterocycles. The SMILES string of the molecule is N[C@H]1CCC[C@H]1c1ccc(Br)cc1. The van der Waals surface area contributed by atoms with Crippen molar-refractivity contribution in [1.29, 1.82) is 0 Å². The zero-order valence-corrected chi connectivity index (χ0v) is 9.13. The molecule has 2 rings (SSSR count). The van der Waals surface area contributed by atoms with Crippen LogP contribution in [0, 0.1) is 0 Å². The fourth-order valence-corrected chi connectivity index (χ4v) is 2.38. The van der Waals surface area contributed by atoms with Crippen molar-refractivity contribution in [2.24, 2.45) is 5.73 Å². The van der Waals surface area contributed by atoms with Crippen molar-refractivity contribution in [3.63, 3.8) is 0 Å². The molecule has 2 N–H and O–H groups in total. The van der Waals surface area contributed by atoms with E-state index in [4.69, 9.17) is 5.73 Å². The number of hydrogen-bond acceptors (Lipinski definition) is 1. The van der Waals surface area contributed by atoms with Gasteiger partial charge in [0, 0.05) is 10.5 Å². The lowest BCUT2D eigenvalue weighted by Crippen LogP contribution is -2.22. The Kier molecular flexibility index (Phi) is 2.70. The van der Waals surface area contributed by atoms with E-state index < -0.39 is 0 Å². The van der Waals surface area contributed by atoms with Crippen molar-refractivity contribution < 1.29 is 0 Å². The van der Waals surface area contributed by atoms with E-state index in [1.54, 1.807) is 0 Å². The molecule has 0 amide bonds. The molecule has 70 valence electrons. The first-order valence-corrected chi connectivity index (χ1v) is 5.58. The van der Waals surface area contributed by atoms with Crippen LogP contribution in [0.3, 0.4) is 0 Å². The van der Waals surface area contributed by atoms with Crippen molar-refractivity contribution in [3.8, 4) is 0 Å². The molecular formula is C11H14BrN. The van der Waals surface area contributed by atoms with Crippen LogP contribution in [0.5, 0.6) is 0 Å². The van der Waals surface area contributed by atoms with Crippen molar-refractivity contribution in [2.75, 3.05) is 0 Å². The lowest BCUT2D eigenvalue weighted by molar-refractivity contribution is 0.613. The van der Waals surface area contributed by atoms with Gasteiger partial charge in [0.05, 0.1) is 0 Å². The van der Waals surface area contributed by atoms with E-state index in [0.717, 1.165) is 4.47 Å². The summed E-state index contributed by atoms with van der Waals surface area (Å²) >= 11 is 3.44. The number of halogens is 1. The Morgan fingerprint density at radius 2 is 1.85 bits per heavy atom. The molecule has 2 heteroatoms. The minimum Gasteiger partial charge on any atom is -0.327 e. The van der Waals surface area contributed by atoms with Gasteiger partial charge in [0.15, 0.2) is 0 Å². The summed E-state index contributed by atoms with van der Waals surface area (Å²) in [5.74, 6) is 0.591. The molecule has 1 aliphatic rings. The second kappa shape index (κ2) is 3.81. The Morgan fingerprint density at radius 3 is 2.38 bits per heavy atom. The highest BCUT2D eigenvalue weighted by molar-refractivity contribution is 9.10. The highest BCUT2D eigenvalue weighted by Gasteiger charge is 2.24. The number of hydrogen-bond donors (Lipinski definition) is 1. The van der Waals surface area contributed by atoms with Gasteiger partial charge in [-0.15, -0.1) is 0 Å². The molecule has 0 heterocycles. The molecule has 0 unspecified atom stereocenters. The molecule has 13 heavy (non-hydrogen) atoms. The average Bonchev–Trinajstić information content (AvgIpc) is 2.53. The first-order valence-electron chi connectivity index (χ1n) is 4.78. The van der Waals surface area contributed by atoms with Crippen LogP contribution in [0.2, 0.25) is 0 Å². The first-order chi connectivity index (χ1) is 6.27. The van der Waals surface area contributed by atoms with Crippen LogP contribution < -0.4 is 5.73 Å². The van der Waals surface area contributed by atoms with Crippen LogP contribution in [-0.2, 0) is 0 Å². The Hall–Kier alpha value is -0.340. The van der Waals surface area contributed by atoms with Crippen molar-refractivity contribution in [1.82, 2.24) is 0 Å². The fraction of sp³-hybridized carbons (Fsp3) is 0.455. The minimum absolute atomic E-state index is 0.376. The van der Waals surface area contributed by atoms with Crippen LogP contribution in [0.4, 0.5) is 0 Å². The quantitative estimate of drug-likeness (QED) is 0.802. The Bertz CT molecular complexity index is 281. The molecule has 1 nitrogen and oxygen atoms in total. The molecule has 1 aromatic carbocycles. The van der Waals surface area contributed by atoms with Gasteiger partial charge in [0.2, 0.25) is 0 Å². The molecular weight excluding hydrogens is 226 g/mol. The van der Waals surface area contributed by atoms with E-state index in [-0.39, 0.29) is 0 Å². The molecule has 0 aromatic heterocycles. The van der Waals surface area contributed by atoms with Gasteiger partial charge >= 0.3 is 0 Å². The predicted octanol–water partition coefficient (Wildman–Crippen LogP) is 3.04. The lowest BCUT2D eigenvalue weighted by Gasteiger charge is -2.15. The molecule has 1 aromatic rings. The van der Waals surface area contributed by atoms with E-state index >= 15 is 0 Å². The Labute approximate surface area is 87.5 Å². The highest BCUT2D eigenvalue weighted by Crippen LogP contribution is 2.33. The highest BCUT2D eigenvalue weighted by atomic mass is 79.9. The van der Waals surface area contributed by atoms with Gasteiger partial charge in [-0.25, -0.2) is 0 Å². The van der Waals surface area contributed by atoms with Crippen LogP contribution >= 0.6 is 15.9 Å². The van der Waals surface area contributed by atoms with Crippen molar-refractivity contribution >= 4 is 15.9 Å². The van der Waals surface area contributed by atoms with Crippen LogP contribution in [0.15, 0.2) is 28.7 Å². The van der Waals surface area contributed by atoms with E-state index in [1.807, 2.05) is 0 Å². The number of nitrogens with two attached hydrogens (primary N) is 1. The zero-order valence-electron chi connectivity index (χ0n) is 7.54. The topological polar surface area (TPSA) is 26.0 Å². The van der Waals surface area contributed by atoms with Crippen LogP contribution in [0.1, 0.15) is 30.7 Å². The van der Waals surface area contributed by atoms with Gasteiger partial charge in [-0.1, -0.05) is 34.5 Å². The summed E-state index contributed by atoms with van der Waals surface area (Å²) in [6.45, 7) is 0. The van der Waals surface area contributed by atoms with E-state index in [1.165, 1.54) is 24.8 Å². The molecule has 1 saturated carbocycles. The van der Waals surface area contributed by atoms with E-state index in [9.17, 15) is 0 Å². The van der Waals surface area contributed by atoms with Gasteiger partial charge in [0.25, 0.3) is 0 Å². The monoisotopic (exact) mass is 239 g/mol. The maximum absolute atomic E-state index is 6.04. The van der Waals surface area contributed by atoms with Gasteiger partial charge < -0.3 is 5.73 Å². The summed E-state index contributed by atoms with van der Waals surface area (Å²) in [5.41, 5.74) is 7.43. The third kappa shape index (κ3) is 1.94. The second-order valence-electron chi connectivity index (χ2n) is 3.75. The molecule has 0 radical (unpaired) electrons. The maximum Gasteiger partial charge on any atom is 0.0175 e. The fourth-order valence-electron chi connectivity index (χ4n) is 2.11. The molecule has 0 spiro atoms. The summed E-state index contributed by atoms with van der Waals surface area (Å²) in [6, 6.07) is 8.93. The van der Waals surface area contributed by atoms with Gasteiger partial charge in [-0.2, -0.15) is 0 Å². The van der Waals surface area contributed by atoms with E-state index in [2.05, 4.69) is 40.2 Å². The molecule has 0 bridgehead atoms. The third-order valence-corrected chi connectivity index (χ3v) is 3.40. The lowest BCUT2D eigenvalue weighted by atomic mass is 9.95. The molecule has 2 atom stereocenters. The van der Waals surface area contributed by atoms with Crippen LogP contribution in [0.25, 0.3) is 0 Å². The first kappa shape index (κ1) is 9.22. The summed E-state index contributed by atoms with van der Waals surface area (Å²) in [7, 11) is 0.